The summed E-state index contributed by atoms with van der Waals surface area (Å²) < 4.78 is 1.90. The fourth-order valence-corrected chi connectivity index (χ4v) is 3.87. The van der Waals surface area contributed by atoms with Crippen molar-refractivity contribution in [1.29, 1.82) is 0 Å². The topological polar surface area (TPSA) is 59.8 Å². The number of nitrogens with zero attached hydrogens (tertiary/aromatic N) is 3. The molecular formula is C22H24Cl2N4OS. The average molecular weight is 463 g/mol. The van der Waals surface area contributed by atoms with Crippen LogP contribution in [0, 0.1) is 12.8 Å². The number of rotatable bonds is 8. The maximum atomic E-state index is 12.2. The average Bonchev–Trinajstić information content (AvgIpc) is 3.12. The van der Waals surface area contributed by atoms with E-state index in [0.29, 0.717) is 33.5 Å². The number of halogens is 2. The molecule has 3 aromatic rings. The van der Waals surface area contributed by atoms with Crippen molar-refractivity contribution in [1.82, 2.24) is 20.1 Å². The van der Waals surface area contributed by atoms with Crippen molar-refractivity contribution < 1.29 is 4.79 Å². The van der Waals surface area contributed by atoms with Crippen LogP contribution < -0.4 is 5.32 Å². The molecule has 0 fully saturated rings. The summed E-state index contributed by atoms with van der Waals surface area (Å²) in [6, 6.07) is 13.4. The molecule has 0 radical (unpaired) electrons. The SMILES string of the molecule is Cc1ccc(-c2nnc(SCC(=O)NCCC(C)C)n2-c2ccc(Cl)c(Cl)c2)cc1. The Morgan fingerprint density at radius 1 is 1.10 bits per heavy atom. The molecular weight excluding hydrogens is 439 g/mol. The largest absolute Gasteiger partial charge is 0.355 e. The molecule has 0 aliphatic heterocycles. The molecule has 30 heavy (non-hydrogen) atoms. The number of aromatic nitrogens is 3. The van der Waals surface area contributed by atoms with E-state index in [1.165, 1.54) is 11.8 Å². The van der Waals surface area contributed by atoms with Crippen molar-refractivity contribution in [2.24, 2.45) is 5.92 Å². The highest BCUT2D eigenvalue weighted by Gasteiger charge is 2.18. The van der Waals surface area contributed by atoms with Gasteiger partial charge in [-0.1, -0.05) is 78.6 Å². The first-order valence-corrected chi connectivity index (χ1v) is 11.5. The molecule has 1 aromatic heterocycles. The Hall–Kier alpha value is -2.02. The Kier molecular flexibility index (Phi) is 7.81. The van der Waals surface area contributed by atoms with Crippen LogP contribution in [0.1, 0.15) is 25.8 Å². The number of benzene rings is 2. The summed E-state index contributed by atoms with van der Waals surface area (Å²) in [5.74, 6) is 1.45. The summed E-state index contributed by atoms with van der Waals surface area (Å²) in [4.78, 5) is 12.2. The van der Waals surface area contributed by atoms with Crippen LogP contribution in [-0.4, -0.2) is 33.0 Å². The maximum absolute atomic E-state index is 12.2. The molecule has 0 aliphatic rings. The van der Waals surface area contributed by atoms with Gasteiger partial charge in [0.15, 0.2) is 11.0 Å². The van der Waals surface area contributed by atoms with E-state index in [4.69, 9.17) is 23.2 Å². The Morgan fingerprint density at radius 3 is 2.50 bits per heavy atom. The lowest BCUT2D eigenvalue weighted by atomic mass is 10.1. The smallest absolute Gasteiger partial charge is 0.230 e. The van der Waals surface area contributed by atoms with Crippen LogP contribution in [0.15, 0.2) is 47.6 Å². The Bertz CT molecular complexity index is 1020. The first kappa shape index (κ1) is 22.7. The lowest BCUT2D eigenvalue weighted by Gasteiger charge is -2.12. The van der Waals surface area contributed by atoms with E-state index in [0.717, 1.165) is 23.2 Å². The van der Waals surface area contributed by atoms with Gasteiger partial charge in [0.2, 0.25) is 5.91 Å². The molecule has 0 saturated heterocycles. The second kappa shape index (κ2) is 10.3. The molecule has 0 bridgehead atoms. The Morgan fingerprint density at radius 2 is 1.83 bits per heavy atom. The molecule has 1 N–H and O–H groups in total. The highest BCUT2D eigenvalue weighted by molar-refractivity contribution is 7.99. The van der Waals surface area contributed by atoms with E-state index in [1.807, 2.05) is 41.8 Å². The van der Waals surface area contributed by atoms with Crippen LogP contribution in [0.3, 0.4) is 0 Å². The van der Waals surface area contributed by atoms with E-state index in [9.17, 15) is 4.79 Å². The Balaban J connectivity index is 1.88. The maximum Gasteiger partial charge on any atom is 0.230 e. The van der Waals surface area contributed by atoms with E-state index >= 15 is 0 Å². The zero-order valence-electron chi connectivity index (χ0n) is 17.2. The zero-order valence-corrected chi connectivity index (χ0v) is 19.5. The first-order chi connectivity index (χ1) is 14.3. The molecule has 5 nitrogen and oxygen atoms in total. The van der Waals surface area contributed by atoms with Crippen molar-refractivity contribution in [3.8, 4) is 17.1 Å². The number of carbonyl (C=O) groups excluding carboxylic acids is 1. The van der Waals surface area contributed by atoms with Crippen molar-refractivity contribution in [3.05, 3.63) is 58.1 Å². The van der Waals surface area contributed by atoms with E-state index in [2.05, 4.69) is 29.4 Å². The molecule has 8 heteroatoms. The minimum Gasteiger partial charge on any atom is -0.355 e. The fraction of sp³-hybridized carbons (Fsp3) is 0.318. The summed E-state index contributed by atoms with van der Waals surface area (Å²) in [5.41, 5.74) is 2.87. The standard InChI is InChI=1S/C22H24Cl2N4OS/c1-14(2)10-11-25-20(29)13-30-22-27-26-21(16-6-4-15(3)5-7-16)28(22)17-8-9-18(23)19(24)12-17/h4-9,12,14H,10-11,13H2,1-3H3,(H,25,29). The number of hydrogen-bond donors (Lipinski definition) is 1. The second-order valence-corrected chi connectivity index (χ2v) is 9.18. The molecule has 0 saturated carbocycles. The Labute approximate surface area is 191 Å². The van der Waals surface area contributed by atoms with Gasteiger partial charge in [-0.05, 0) is 37.5 Å². The molecule has 0 atom stereocenters. The van der Waals surface area contributed by atoms with Gasteiger partial charge in [0.1, 0.15) is 0 Å². The summed E-state index contributed by atoms with van der Waals surface area (Å²) in [6.45, 7) is 6.97. The lowest BCUT2D eigenvalue weighted by Crippen LogP contribution is -2.27. The van der Waals surface area contributed by atoms with Crippen LogP contribution in [0.4, 0.5) is 0 Å². The van der Waals surface area contributed by atoms with Gasteiger partial charge >= 0.3 is 0 Å². The lowest BCUT2D eigenvalue weighted by molar-refractivity contribution is -0.118. The number of nitrogens with one attached hydrogen (secondary N) is 1. The molecule has 0 spiro atoms. The molecule has 0 unspecified atom stereocenters. The highest BCUT2D eigenvalue weighted by Crippen LogP contribution is 2.31. The second-order valence-electron chi connectivity index (χ2n) is 7.43. The van der Waals surface area contributed by atoms with Crippen molar-refractivity contribution in [2.45, 2.75) is 32.3 Å². The van der Waals surface area contributed by atoms with Gasteiger partial charge in [-0.25, -0.2) is 0 Å². The van der Waals surface area contributed by atoms with Crippen LogP contribution in [-0.2, 0) is 4.79 Å². The zero-order chi connectivity index (χ0) is 21.7. The quantitative estimate of drug-likeness (QED) is 0.429. The van der Waals surface area contributed by atoms with Gasteiger partial charge in [0.25, 0.3) is 0 Å². The normalized spacial score (nSPS) is 11.1. The van der Waals surface area contributed by atoms with Crippen LogP contribution in [0.25, 0.3) is 17.1 Å². The number of amides is 1. The minimum atomic E-state index is -0.0266. The first-order valence-electron chi connectivity index (χ1n) is 9.72. The fourth-order valence-electron chi connectivity index (χ4n) is 2.79. The van der Waals surface area contributed by atoms with Gasteiger partial charge in [-0.15, -0.1) is 10.2 Å². The predicted octanol–water partition coefficient (Wildman–Crippen LogP) is 5.80. The van der Waals surface area contributed by atoms with E-state index in [1.54, 1.807) is 12.1 Å². The predicted molar refractivity (Wildman–Crippen MR) is 125 cm³/mol. The molecule has 1 heterocycles. The number of thioether (sulfide) groups is 1. The molecule has 2 aromatic carbocycles. The van der Waals surface area contributed by atoms with Crippen molar-refractivity contribution in [3.63, 3.8) is 0 Å². The molecule has 3 rings (SSSR count). The van der Waals surface area contributed by atoms with Gasteiger partial charge in [0.05, 0.1) is 21.5 Å². The molecule has 0 aliphatic carbocycles. The van der Waals surface area contributed by atoms with Crippen LogP contribution in [0.2, 0.25) is 10.0 Å². The number of carbonyl (C=O) groups is 1. The number of aryl methyl sites for hydroxylation is 1. The number of hydrogen-bond acceptors (Lipinski definition) is 4. The van der Waals surface area contributed by atoms with Crippen LogP contribution in [0.5, 0.6) is 0 Å². The van der Waals surface area contributed by atoms with Gasteiger partial charge in [0, 0.05) is 12.1 Å². The summed E-state index contributed by atoms with van der Waals surface area (Å²) in [5, 5.41) is 13.2. The van der Waals surface area contributed by atoms with Crippen LogP contribution >= 0.6 is 35.0 Å². The minimum absolute atomic E-state index is 0.0266. The van der Waals surface area contributed by atoms with Gasteiger partial charge < -0.3 is 5.32 Å². The van der Waals surface area contributed by atoms with Gasteiger partial charge in [-0.2, -0.15) is 0 Å². The van der Waals surface area contributed by atoms with Crippen molar-refractivity contribution in [2.75, 3.05) is 12.3 Å². The molecule has 158 valence electrons. The highest BCUT2D eigenvalue weighted by atomic mass is 35.5. The third-order valence-electron chi connectivity index (χ3n) is 4.48. The van der Waals surface area contributed by atoms with E-state index < -0.39 is 0 Å². The summed E-state index contributed by atoms with van der Waals surface area (Å²) in [6.07, 6.45) is 0.952. The summed E-state index contributed by atoms with van der Waals surface area (Å²) >= 11 is 13.7. The monoisotopic (exact) mass is 462 g/mol. The molecule has 1 amide bonds. The summed E-state index contributed by atoms with van der Waals surface area (Å²) in [7, 11) is 0. The van der Waals surface area contributed by atoms with Gasteiger partial charge in [-0.3, -0.25) is 9.36 Å². The third kappa shape index (κ3) is 5.78. The third-order valence-corrected chi connectivity index (χ3v) is 6.15. The van der Waals surface area contributed by atoms with Crippen molar-refractivity contribution >= 4 is 40.9 Å². The van der Waals surface area contributed by atoms with E-state index in [-0.39, 0.29) is 11.7 Å².